The topological polar surface area (TPSA) is 458 Å². The van der Waals surface area contributed by atoms with Crippen LogP contribution in [0.4, 0.5) is 0 Å². The van der Waals surface area contributed by atoms with Crippen LogP contribution in [0, 0.1) is 11.8 Å². The van der Waals surface area contributed by atoms with Gasteiger partial charge in [-0.1, -0.05) is 123 Å². The first kappa shape index (κ1) is 77.3. The van der Waals surface area contributed by atoms with Crippen molar-refractivity contribution < 1.29 is 134 Å². The fraction of sp³-hybridized carbons (Fsp3) is 0.871. The standard InChI is InChI=1S/C62H106N2O27/c1-4-5-6-7-8-9-10-11-12-13-14-15-16-17-18-22-44(73)64-36(37(70)24-23-35-21-19-20-25-63-35)32-82-60-52(80)50(78)56(42(30-68)85-60)90-62-53(81)58(88-45-26-38(71)33(2)54(87-45)46(74)39(72)27-65)57(43(31-69)86-62)91-59-34(3)55(48(76)41(29-67)83-59)89-61-51(79)49(77)47(75)40(28-66)84-61/h19-21,23-25,33-34,36-43,45-62,65-72,74-81H,4-18,22,26-32H2,1-3H3,(H,64,73)/b24-23+/t33-,34?,36+,37-,38-,39-,40?,41?,42?,43?,45?,46-,47+,48+,49+,50-,51?,52?,53?,54?,55-,56-,57+,58-,59+,60-,61+,62+/m1/s1. The summed E-state index contributed by atoms with van der Waals surface area (Å²) in [5.41, 5.74) is 0.509. The Morgan fingerprint density at radius 1 is 0.571 bits per heavy atom. The van der Waals surface area contributed by atoms with Gasteiger partial charge in [0.1, 0.15) is 97.7 Å². The number of hydrogen-bond donors (Lipinski definition) is 17. The van der Waals surface area contributed by atoms with Crippen molar-refractivity contribution in [2.75, 3.05) is 39.6 Å². The van der Waals surface area contributed by atoms with Gasteiger partial charge in [0.2, 0.25) is 5.91 Å². The molecule has 10 unspecified atom stereocenters. The molecule has 0 aliphatic carbocycles. The lowest BCUT2D eigenvalue weighted by atomic mass is 9.87. The second-order valence-corrected chi connectivity index (χ2v) is 24.8. The Kier molecular flexibility index (Phi) is 33.6. The predicted octanol–water partition coefficient (Wildman–Crippen LogP) is -2.38. The van der Waals surface area contributed by atoms with Crippen LogP contribution < -0.4 is 5.32 Å². The third-order valence-electron chi connectivity index (χ3n) is 17.9. The Morgan fingerprint density at radius 2 is 1.10 bits per heavy atom. The average Bonchev–Trinajstić information content (AvgIpc) is 0.849. The van der Waals surface area contributed by atoms with E-state index >= 15 is 0 Å². The molecule has 1 aromatic heterocycles. The van der Waals surface area contributed by atoms with Gasteiger partial charge in [-0.25, -0.2) is 0 Å². The highest BCUT2D eigenvalue weighted by Gasteiger charge is 2.57. The molecule has 29 heteroatoms. The lowest BCUT2D eigenvalue weighted by molar-refractivity contribution is -0.396. The number of carbonyl (C=O) groups is 1. The second kappa shape index (κ2) is 39.5. The number of amides is 1. The van der Waals surface area contributed by atoms with Gasteiger partial charge in [-0.2, -0.15) is 0 Å². The van der Waals surface area contributed by atoms with E-state index in [0.717, 1.165) is 25.7 Å². The van der Waals surface area contributed by atoms with Crippen molar-refractivity contribution in [3.05, 3.63) is 36.2 Å². The van der Waals surface area contributed by atoms with Crippen molar-refractivity contribution in [1.82, 2.24) is 10.3 Å². The smallest absolute Gasteiger partial charge is 0.220 e. The quantitative estimate of drug-likeness (QED) is 0.0307. The normalized spacial score (nSPS) is 37.9. The first-order chi connectivity index (χ1) is 43.7. The summed E-state index contributed by atoms with van der Waals surface area (Å²) >= 11 is 0. The van der Waals surface area contributed by atoms with Crippen LogP contribution in [0.5, 0.6) is 0 Å². The molecule has 5 aliphatic rings. The molecule has 0 saturated carbocycles. The SMILES string of the molecule is CCCCCCCCCCCCCCCCCC(=O)N[C@@H](CO[C@@H]1OC(CO)[C@@H](O[C@@H]2OC(CO)[C@H](O[C@@H]3OC(CO)[C@H](O)[C@H](O[C@@H]4OC(CO)[C@H](O)[C@H](O)C4O)C3C)[C@H](OC3C[C@@H](O)[C@@H](C)C([C@H](O)[C@H](O)CO)O3)C2O)[C@H](O)C1O)[C@H](O)/C=C/c1ccccn1. The van der Waals surface area contributed by atoms with Crippen LogP contribution in [0.15, 0.2) is 30.5 Å². The van der Waals surface area contributed by atoms with Crippen molar-refractivity contribution in [3.8, 4) is 0 Å². The molecule has 29 nitrogen and oxygen atoms in total. The molecule has 5 fully saturated rings. The number of ether oxygens (including phenoxy) is 10. The molecule has 5 aliphatic heterocycles. The van der Waals surface area contributed by atoms with Crippen molar-refractivity contribution in [3.63, 3.8) is 0 Å². The molecule has 526 valence electrons. The third-order valence-corrected chi connectivity index (χ3v) is 17.9. The van der Waals surface area contributed by atoms with Gasteiger partial charge in [0.25, 0.3) is 0 Å². The van der Waals surface area contributed by atoms with E-state index in [1.807, 2.05) is 0 Å². The highest BCUT2D eigenvalue weighted by atomic mass is 16.8. The van der Waals surface area contributed by atoms with E-state index in [-0.39, 0.29) is 18.7 Å². The predicted molar refractivity (Wildman–Crippen MR) is 318 cm³/mol. The van der Waals surface area contributed by atoms with Gasteiger partial charge in [-0.15, -0.1) is 0 Å². The molecule has 0 bridgehead atoms. The maximum Gasteiger partial charge on any atom is 0.220 e. The van der Waals surface area contributed by atoms with Crippen molar-refractivity contribution in [2.45, 2.75) is 289 Å². The van der Waals surface area contributed by atoms with E-state index in [9.17, 15) is 86.5 Å². The molecular formula is C62H106N2O27. The highest BCUT2D eigenvalue weighted by Crippen LogP contribution is 2.39. The summed E-state index contributed by atoms with van der Waals surface area (Å²) in [4.78, 5) is 17.7. The maximum atomic E-state index is 13.4. The second-order valence-electron chi connectivity index (χ2n) is 24.8. The zero-order valence-electron chi connectivity index (χ0n) is 52.5. The molecule has 0 aromatic carbocycles. The summed E-state index contributed by atoms with van der Waals surface area (Å²) < 4.78 is 60.4. The Hall–Kier alpha value is -2.68. The summed E-state index contributed by atoms with van der Waals surface area (Å²) in [6.45, 7) is 0.177. The highest BCUT2D eigenvalue weighted by molar-refractivity contribution is 5.76. The van der Waals surface area contributed by atoms with E-state index in [2.05, 4.69) is 17.2 Å². The van der Waals surface area contributed by atoms with Gasteiger partial charge in [0.15, 0.2) is 31.5 Å². The van der Waals surface area contributed by atoms with Crippen LogP contribution in [0.3, 0.4) is 0 Å². The first-order valence-electron chi connectivity index (χ1n) is 32.6. The minimum absolute atomic E-state index is 0.155. The molecule has 6 rings (SSSR count). The molecule has 5 saturated heterocycles. The Bertz CT molecular complexity index is 2180. The zero-order chi connectivity index (χ0) is 66.3. The van der Waals surface area contributed by atoms with E-state index in [1.165, 1.54) is 84.1 Å². The van der Waals surface area contributed by atoms with Crippen LogP contribution in [0.1, 0.15) is 136 Å². The number of aliphatic hydroxyl groups excluding tert-OH is 16. The summed E-state index contributed by atoms with van der Waals surface area (Å²) in [5.74, 6) is -2.43. The summed E-state index contributed by atoms with van der Waals surface area (Å²) in [5, 5.41) is 177. The number of aromatic nitrogens is 1. The van der Waals surface area contributed by atoms with Gasteiger partial charge in [0.05, 0.1) is 75.8 Å². The van der Waals surface area contributed by atoms with Crippen LogP contribution in [-0.2, 0) is 52.2 Å². The minimum atomic E-state index is -2.12. The summed E-state index contributed by atoms with van der Waals surface area (Å²) in [7, 11) is 0. The lowest BCUT2D eigenvalue weighted by Crippen LogP contribution is -2.67. The van der Waals surface area contributed by atoms with Gasteiger partial charge in [-0.05, 0) is 24.6 Å². The van der Waals surface area contributed by atoms with Crippen LogP contribution in [0.2, 0.25) is 0 Å². The number of nitrogens with one attached hydrogen (secondary N) is 1. The van der Waals surface area contributed by atoms with Crippen molar-refractivity contribution >= 4 is 12.0 Å². The molecule has 1 amide bonds. The van der Waals surface area contributed by atoms with Crippen molar-refractivity contribution in [2.24, 2.45) is 11.8 Å². The molecule has 1 aromatic rings. The van der Waals surface area contributed by atoms with E-state index in [0.29, 0.717) is 12.1 Å². The number of nitrogens with zero attached hydrogens (tertiary/aromatic N) is 1. The number of hydrogen-bond acceptors (Lipinski definition) is 28. The average molecular weight is 1310 g/mol. The monoisotopic (exact) mass is 1310 g/mol. The number of unbranched alkanes of at least 4 members (excludes halogenated alkanes) is 14. The third kappa shape index (κ3) is 21.9. The van der Waals surface area contributed by atoms with E-state index in [4.69, 9.17) is 47.4 Å². The lowest BCUT2D eigenvalue weighted by Gasteiger charge is -2.51. The van der Waals surface area contributed by atoms with E-state index < -0.39 is 211 Å². The fourth-order valence-electron chi connectivity index (χ4n) is 12.2. The maximum absolute atomic E-state index is 13.4. The summed E-state index contributed by atoms with van der Waals surface area (Å²) in [6.07, 6.45) is -21.1. The van der Waals surface area contributed by atoms with Crippen molar-refractivity contribution in [1.29, 1.82) is 0 Å². The molecule has 0 spiro atoms. The number of carbonyl (C=O) groups excluding carboxylic acids is 1. The Morgan fingerprint density at radius 3 is 1.69 bits per heavy atom. The number of rotatable bonds is 38. The Balaban J connectivity index is 1.14. The largest absolute Gasteiger partial charge is 0.394 e. The fourth-order valence-corrected chi connectivity index (χ4v) is 12.2. The van der Waals surface area contributed by atoms with Gasteiger partial charge >= 0.3 is 0 Å². The number of pyridine rings is 1. The van der Waals surface area contributed by atoms with Gasteiger partial charge in [-0.3, -0.25) is 9.78 Å². The molecule has 6 heterocycles. The summed E-state index contributed by atoms with van der Waals surface area (Å²) in [6, 6.07) is 4.04. The van der Waals surface area contributed by atoms with Crippen LogP contribution in [0.25, 0.3) is 6.08 Å². The molecule has 0 radical (unpaired) electrons. The van der Waals surface area contributed by atoms with Gasteiger partial charge in [0, 0.05) is 30.9 Å². The van der Waals surface area contributed by atoms with Crippen LogP contribution >= 0.6 is 0 Å². The molecule has 17 N–H and O–H groups in total. The number of aliphatic hydroxyl groups is 16. The first-order valence-corrected chi connectivity index (χ1v) is 32.6. The minimum Gasteiger partial charge on any atom is -0.394 e. The Labute approximate surface area is 531 Å². The van der Waals surface area contributed by atoms with Gasteiger partial charge < -0.3 is 134 Å². The molecular weight excluding hydrogens is 1200 g/mol. The van der Waals surface area contributed by atoms with E-state index in [1.54, 1.807) is 30.5 Å². The molecule has 91 heavy (non-hydrogen) atoms. The molecule has 28 atom stereocenters. The zero-order valence-corrected chi connectivity index (χ0v) is 52.5. The van der Waals surface area contributed by atoms with Crippen LogP contribution in [-0.4, -0.2) is 292 Å².